The van der Waals surface area contributed by atoms with E-state index in [9.17, 15) is 9.59 Å². The Bertz CT molecular complexity index is 630. The van der Waals surface area contributed by atoms with Crippen molar-refractivity contribution in [1.82, 2.24) is 20.1 Å². The summed E-state index contributed by atoms with van der Waals surface area (Å²) >= 11 is 0. The smallest absolute Gasteiger partial charge is 0.254 e. The summed E-state index contributed by atoms with van der Waals surface area (Å²) in [6, 6.07) is 3.26. The minimum absolute atomic E-state index is 0.0248. The second-order valence-corrected chi connectivity index (χ2v) is 6.89. The molecule has 27 heavy (non-hydrogen) atoms. The Labute approximate surface area is 160 Å². The average molecular weight is 378 g/mol. The number of nitrogens with one attached hydrogen (secondary N) is 1. The van der Waals surface area contributed by atoms with Gasteiger partial charge in [0.2, 0.25) is 11.8 Å². The van der Waals surface area contributed by atoms with Crippen LogP contribution in [0.4, 0.5) is 0 Å². The van der Waals surface area contributed by atoms with E-state index < -0.39 is 0 Å². The highest BCUT2D eigenvalue weighted by Gasteiger charge is 2.28. The standard InChI is InChI=1S/C19H30N4O4/c1-14(2)21-18(24)15(3)22-7-9-23(10-8-22)19(25)16-5-6-20-17(13-16)27-12-11-26-4/h5-6,13-15H,7-12H2,1-4H3,(H,21,24)/t15-/m1/s1. The van der Waals surface area contributed by atoms with Crippen molar-refractivity contribution >= 4 is 11.8 Å². The summed E-state index contributed by atoms with van der Waals surface area (Å²) in [5, 5.41) is 2.94. The monoisotopic (exact) mass is 378 g/mol. The van der Waals surface area contributed by atoms with Crippen molar-refractivity contribution in [3.8, 4) is 5.88 Å². The average Bonchev–Trinajstić information content (AvgIpc) is 2.67. The predicted molar refractivity (Wildman–Crippen MR) is 102 cm³/mol. The van der Waals surface area contributed by atoms with Crippen LogP contribution in [0, 0.1) is 0 Å². The van der Waals surface area contributed by atoms with Crippen LogP contribution in [-0.2, 0) is 9.53 Å². The van der Waals surface area contributed by atoms with Crippen LogP contribution in [0.3, 0.4) is 0 Å². The number of carbonyl (C=O) groups is 2. The summed E-state index contributed by atoms with van der Waals surface area (Å²) in [5.74, 6) is 0.389. The number of hydrogen-bond donors (Lipinski definition) is 1. The van der Waals surface area contributed by atoms with Crippen molar-refractivity contribution in [2.75, 3.05) is 46.5 Å². The number of carbonyl (C=O) groups excluding carboxylic acids is 2. The zero-order valence-electron chi connectivity index (χ0n) is 16.6. The lowest BCUT2D eigenvalue weighted by molar-refractivity contribution is -0.126. The molecule has 0 aromatic carbocycles. The molecule has 0 bridgehead atoms. The first-order valence-corrected chi connectivity index (χ1v) is 9.34. The second-order valence-electron chi connectivity index (χ2n) is 6.89. The highest BCUT2D eigenvalue weighted by molar-refractivity contribution is 5.94. The molecule has 0 saturated carbocycles. The van der Waals surface area contributed by atoms with E-state index >= 15 is 0 Å². The molecule has 2 heterocycles. The Kier molecular flexibility index (Phi) is 7.99. The lowest BCUT2D eigenvalue weighted by atomic mass is 10.1. The molecule has 1 aliphatic heterocycles. The van der Waals surface area contributed by atoms with Gasteiger partial charge in [-0.05, 0) is 26.8 Å². The molecular weight excluding hydrogens is 348 g/mol. The maximum Gasteiger partial charge on any atom is 0.254 e. The molecule has 1 saturated heterocycles. The Balaban J connectivity index is 1.89. The summed E-state index contributed by atoms with van der Waals surface area (Å²) < 4.78 is 10.4. The van der Waals surface area contributed by atoms with Gasteiger partial charge in [-0.3, -0.25) is 14.5 Å². The third-order valence-electron chi connectivity index (χ3n) is 4.48. The van der Waals surface area contributed by atoms with E-state index in [4.69, 9.17) is 9.47 Å². The summed E-state index contributed by atoms with van der Waals surface area (Å²) in [4.78, 5) is 33.0. The SMILES string of the molecule is COCCOc1cc(C(=O)N2CCN([C@H](C)C(=O)NC(C)C)CC2)ccn1. The van der Waals surface area contributed by atoms with Crippen molar-refractivity contribution < 1.29 is 19.1 Å². The summed E-state index contributed by atoms with van der Waals surface area (Å²) in [6.45, 7) is 9.15. The number of hydrogen-bond acceptors (Lipinski definition) is 6. The van der Waals surface area contributed by atoms with Gasteiger partial charge in [0, 0.05) is 57.2 Å². The molecule has 2 rings (SSSR count). The van der Waals surface area contributed by atoms with Gasteiger partial charge in [0.25, 0.3) is 5.91 Å². The first-order chi connectivity index (χ1) is 12.9. The largest absolute Gasteiger partial charge is 0.475 e. The van der Waals surface area contributed by atoms with Gasteiger partial charge in [-0.1, -0.05) is 0 Å². The predicted octanol–water partition coefficient (Wildman–Crippen LogP) is 0.778. The molecular formula is C19H30N4O4. The van der Waals surface area contributed by atoms with E-state index in [0.29, 0.717) is 50.8 Å². The Hall–Kier alpha value is -2.19. The minimum Gasteiger partial charge on any atom is -0.475 e. The molecule has 2 amide bonds. The summed E-state index contributed by atoms with van der Waals surface area (Å²) in [5.41, 5.74) is 0.552. The lowest BCUT2D eigenvalue weighted by Gasteiger charge is -2.37. The molecule has 0 radical (unpaired) electrons. The van der Waals surface area contributed by atoms with E-state index in [1.54, 1.807) is 30.3 Å². The maximum atomic E-state index is 12.8. The molecule has 1 aromatic rings. The maximum absolute atomic E-state index is 12.8. The molecule has 8 heteroatoms. The summed E-state index contributed by atoms with van der Waals surface area (Å²) in [6.07, 6.45) is 1.57. The molecule has 0 unspecified atom stereocenters. The van der Waals surface area contributed by atoms with Gasteiger partial charge in [-0.25, -0.2) is 4.98 Å². The number of methoxy groups -OCH3 is 1. The van der Waals surface area contributed by atoms with Crippen LogP contribution in [0.5, 0.6) is 5.88 Å². The minimum atomic E-state index is -0.202. The van der Waals surface area contributed by atoms with Gasteiger partial charge in [-0.2, -0.15) is 0 Å². The lowest BCUT2D eigenvalue weighted by Crippen LogP contribution is -2.55. The van der Waals surface area contributed by atoms with Crippen molar-refractivity contribution in [2.45, 2.75) is 32.9 Å². The number of ether oxygens (including phenoxy) is 2. The highest BCUT2D eigenvalue weighted by atomic mass is 16.5. The molecule has 0 aliphatic carbocycles. The molecule has 150 valence electrons. The number of rotatable bonds is 8. The van der Waals surface area contributed by atoms with E-state index in [-0.39, 0.29) is 23.9 Å². The number of piperazine rings is 1. The molecule has 1 aromatic heterocycles. The molecule has 1 atom stereocenters. The van der Waals surface area contributed by atoms with Crippen LogP contribution in [-0.4, -0.2) is 85.2 Å². The van der Waals surface area contributed by atoms with Crippen molar-refractivity contribution in [3.63, 3.8) is 0 Å². The zero-order chi connectivity index (χ0) is 19.8. The molecule has 8 nitrogen and oxygen atoms in total. The van der Waals surface area contributed by atoms with Crippen LogP contribution < -0.4 is 10.1 Å². The normalized spacial score (nSPS) is 16.3. The van der Waals surface area contributed by atoms with Crippen molar-refractivity contribution in [2.24, 2.45) is 0 Å². The molecule has 1 fully saturated rings. The van der Waals surface area contributed by atoms with E-state index in [1.807, 2.05) is 20.8 Å². The second kappa shape index (κ2) is 10.2. The Morgan fingerprint density at radius 1 is 1.19 bits per heavy atom. The van der Waals surface area contributed by atoms with Crippen LogP contribution >= 0.6 is 0 Å². The topological polar surface area (TPSA) is 84.0 Å². The van der Waals surface area contributed by atoms with E-state index in [1.165, 1.54) is 0 Å². The third-order valence-corrected chi connectivity index (χ3v) is 4.48. The fourth-order valence-corrected chi connectivity index (χ4v) is 2.92. The first kappa shape index (κ1) is 21.1. The molecule has 1 aliphatic rings. The van der Waals surface area contributed by atoms with E-state index in [2.05, 4.69) is 15.2 Å². The van der Waals surface area contributed by atoms with Gasteiger partial charge < -0.3 is 19.7 Å². The van der Waals surface area contributed by atoms with Crippen LogP contribution in [0.25, 0.3) is 0 Å². The van der Waals surface area contributed by atoms with Gasteiger partial charge in [0.15, 0.2) is 0 Å². The van der Waals surface area contributed by atoms with Gasteiger partial charge in [0.1, 0.15) is 6.61 Å². The molecule has 0 spiro atoms. The first-order valence-electron chi connectivity index (χ1n) is 9.34. The molecule has 1 N–H and O–H groups in total. The Morgan fingerprint density at radius 2 is 1.89 bits per heavy atom. The van der Waals surface area contributed by atoms with E-state index in [0.717, 1.165) is 0 Å². The van der Waals surface area contributed by atoms with Crippen LogP contribution in [0.15, 0.2) is 18.3 Å². The number of aromatic nitrogens is 1. The van der Waals surface area contributed by atoms with Crippen LogP contribution in [0.2, 0.25) is 0 Å². The fourth-order valence-electron chi connectivity index (χ4n) is 2.92. The zero-order valence-corrected chi connectivity index (χ0v) is 16.6. The quantitative estimate of drug-likeness (QED) is 0.673. The number of amides is 2. The van der Waals surface area contributed by atoms with Gasteiger partial charge in [0.05, 0.1) is 12.6 Å². The van der Waals surface area contributed by atoms with Crippen molar-refractivity contribution in [3.05, 3.63) is 23.9 Å². The fraction of sp³-hybridized carbons (Fsp3) is 0.632. The number of nitrogens with zero attached hydrogens (tertiary/aromatic N) is 3. The highest BCUT2D eigenvalue weighted by Crippen LogP contribution is 2.14. The van der Waals surface area contributed by atoms with Gasteiger partial charge >= 0.3 is 0 Å². The summed E-state index contributed by atoms with van der Waals surface area (Å²) in [7, 11) is 1.60. The van der Waals surface area contributed by atoms with Crippen LogP contribution in [0.1, 0.15) is 31.1 Å². The third kappa shape index (κ3) is 6.18. The number of pyridine rings is 1. The van der Waals surface area contributed by atoms with Gasteiger partial charge in [-0.15, -0.1) is 0 Å². The van der Waals surface area contributed by atoms with Crippen molar-refractivity contribution in [1.29, 1.82) is 0 Å². The Morgan fingerprint density at radius 3 is 2.52 bits per heavy atom.